The van der Waals surface area contributed by atoms with E-state index >= 15 is 0 Å². The lowest BCUT2D eigenvalue weighted by molar-refractivity contribution is 0.694. The maximum Gasteiger partial charge on any atom is 0.0656 e. The van der Waals surface area contributed by atoms with Crippen molar-refractivity contribution in [3.8, 4) is 5.69 Å². The Morgan fingerprint density at radius 2 is 2.05 bits per heavy atom. The first kappa shape index (κ1) is 13.8. The van der Waals surface area contributed by atoms with Gasteiger partial charge in [-0.2, -0.15) is 5.10 Å². The molecule has 0 saturated heterocycles. The highest BCUT2D eigenvalue weighted by Crippen LogP contribution is 2.27. The molecule has 0 bridgehead atoms. The largest absolute Gasteiger partial charge is 0.309 e. The summed E-state index contributed by atoms with van der Waals surface area (Å²) in [4.78, 5) is 0. The van der Waals surface area contributed by atoms with Crippen molar-refractivity contribution in [1.82, 2.24) is 15.1 Å². The van der Waals surface area contributed by atoms with Crippen LogP contribution in [-0.4, -0.2) is 16.8 Å². The van der Waals surface area contributed by atoms with Crippen molar-refractivity contribution in [2.45, 2.75) is 6.04 Å². The molecule has 0 amide bonds. The Morgan fingerprint density at radius 3 is 2.70 bits per heavy atom. The van der Waals surface area contributed by atoms with E-state index in [1.54, 1.807) is 11.3 Å². The van der Waals surface area contributed by atoms with Crippen molar-refractivity contribution >= 4 is 33.9 Å². The minimum absolute atomic E-state index is 0.187. The van der Waals surface area contributed by atoms with Gasteiger partial charge in [0.2, 0.25) is 0 Å². The number of hydrogen-bond donors (Lipinski definition) is 1. The molecule has 3 rings (SSSR count). The van der Waals surface area contributed by atoms with Crippen molar-refractivity contribution in [2.75, 3.05) is 7.05 Å². The first-order valence-corrected chi connectivity index (χ1v) is 8.25. The number of nitrogens with zero attached hydrogens (tertiary/aromatic N) is 2. The van der Waals surface area contributed by atoms with Crippen molar-refractivity contribution in [1.29, 1.82) is 0 Å². The second kappa shape index (κ2) is 6.07. The Hall–Kier alpha value is -1.18. The maximum atomic E-state index is 4.47. The molecular weight excluding hydrogens is 381 g/mol. The Balaban J connectivity index is 1.92. The number of nitrogens with one attached hydrogen (secondary N) is 1. The Morgan fingerprint density at radius 1 is 1.25 bits per heavy atom. The van der Waals surface area contributed by atoms with E-state index in [0.29, 0.717) is 0 Å². The minimum atomic E-state index is 0.187. The van der Waals surface area contributed by atoms with Gasteiger partial charge >= 0.3 is 0 Å². The molecule has 3 nitrogen and oxygen atoms in total. The van der Waals surface area contributed by atoms with Gasteiger partial charge < -0.3 is 5.32 Å². The summed E-state index contributed by atoms with van der Waals surface area (Å²) in [6, 6.07) is 12.6. The number of benzene rings is 1. The molecule has 0 aliphatic carbocycles. The van der Waals surface area contributed by atoms with Gasteiger partial charge in [-0.05, 0) is 58.8 Å². The highest BCUT2D eigenvalue weighted by molar-refractivity contribution is 14.1. The number of aromatic nitrogens is 2. The summed E-state index contributed by atoms with van der Waals surface area (Å²) >= 11 is 4.12. The van der Waals surface area contributed by atoms with Gasteiger partial charge in [-0.3, -0.25) is 0 Å². The SMILES string of the molecule is CNC(c1csc(I)c1)c1cnn(-c2ccccc2)c1. The van der Waals surface area contributed by atoms with Gasteiger partial charge in [0, 0.05) is 11.8 Å². The second-order valence-electron chi connectivity index (χ2n) is 4.46. The number of rotatable bonds is 4. The number of para-hydroxylation sites is 1. The lowest BCUT2D eigenvalue weighted by atomic mass is 10.1. The molecule has 2 heterocycles. The smallest absolute Gasteiger partial charge is 0.0656 e. The van der Waals surface area contributed by atoms with Crippen molar-refractivity contribution in [2.24, 2.45) is 0 Å². The summed E-state index contributed by atoms with van der Waals surface area (Å²) in [6.45, 7) is 0. The molecule has 2 aromatic heterocycles. The Kier molecular flexibility index (Phi) is 4.18. The molecule has 102 valence electrons. The van der Waals surface area contributed by atoms with Gasteiger partial charge in [0.25, 0.3) is 0 Å². The summed E-state index contributed by atoms with van der Waals surface area (Å²) in [6.07, 6.45) is 4.01. The molecule has 1 unspecified atom stereocenters. The fourth-order valence-corrected chi connectivity index (χ4v) is 3.61. The predicted molar refractivity (Wildman–Crippen MR) is 91.5 cm³/mol. The van der Waals surface area contributed by atoms with Crippen LogP contribution >= 0.6 is 33.9 Å². The summed E-state index contributed by atoms with van der Waals surface area (Å²) in [5.41, 5.74) is 3.54. The molecule has 0 fully saturated rings. The van der Waals surface area contributed by atoms with Crippen LogP contribution in [0, 0.1) is 2.88 Å². The summed E-state index contributed by atoms with van der Waals surface area (Å²) in [5, 5.41) is 10.0. The second-order valence-corrected chi connectivity index (χ2v) is 7.27. The zero-order valence-electron chi connectivity index (χ0n) is 11.0. The highest BCUT2D eigenvalue weighted by atomic mass is 127. The molecule has 0 aliphatic heterocycles. The van der Waals surface area contributed by atoms with Crippen LogP contribution in [0.25, 0.3) is 5.69 Å². The number of hydrogen-bond acceptors (Lipinski definition) is 3. The van der Waals surface area contributed by atoms with Crippen LogP contribution < -0.4 is 5.32 Å². The average Bonchev–Trinajstić information content (AvgIpc) is 3.11. The van der Waals surface area contributed by atoms with Gasteiger partial charge in [-0.1, -0.05) is 18.2 Å². The first-order chi connectivity index (χ1) is 9.78. The third kappa shape index (κ3) is 2.79. The fourth-order valence-electron chi connectivity index (χ4n) is 2.21. The van der Waals surface area contributed by atoms with Gasteiger partial charge in [-0.15, -0.1) is 11.3 Å². The third-order valence-corrected chi connectivity index (χ3v) is 4.97. The van der Waals surface area contributed by atoms with Gasteiger partial charge in [0.15, 0.2) is 0 Å². The molecule has 1 atom stereocenters. The molecule has 5 heteroatoms. The van der Waals surface area contributed by atoms with E-state index in [9.17, 15) is 0 Å². The van der Waals surface area contributed by atoms with Crippen molar-refractivity contribution in [3.05, 3.63) is 68.2 Å². The van der Waals surface area contributed by atoms with E-state index in [4.69, 9.17) is 0 Å². The van der Waals surface area contributed by atoms with Crippen LogP contribution in [0.1, 0.15) is 17.2 Å². The Bertz CT molecular complexity index is 690. The van der Waals surface area contributed by atoms with E-state index in [2.05, 4.69) is 62.8 Å². The van der Waals surface area contributed by atoms with Crippen molar-refractivity contribution in [3.63, 3.8) is 0 Å². The van der Waals surface area contributed by atoms with Crippen LogP contribution in [0.5, 0.6) is 0 Å². The number of halogens is 1. The van der Waals surface area contributed by atoms with Crippen LogP contribution in [-0.2, 0) is 0 Å². The molecule has 3 aromatic rings. The third-order valence-electron chi connectivity index (χ3n) is 3.17. The van der Waals surface area contributed by atoms with E-state index in [-0.39, 0.29) is 6.04 Å². The van der Waals surface area contributed by atoms with Gasteiger partial charge in [0.05, 0.1) is 20.8 Å². The molecule has 0 spiro atoms. The van der Waals surface area contributed by atoms with E-state index in [1.165, 1.54) is 14.0 Å². The maximum absolute atomic E-state index is 4.47. The minimum Gasteiger partial charge on any atom is -0.309 e. The van der Waals surface area contributed by atoms with Crippen LogP contribution in [0.15, 0.2) is 54.2 Å². The predicted octanol–water partition coefficient (Wildman–Crippen LogP) is 3.85. The van der Waals surface area contributed by atoms with E-state index in [1.807, 2.05) is 36.1 Å². The fraction of sp³-hybridized carbons (Fsp3) is 0.133. The average molecular weight is 395 g/mol. The molecule has 0 radical (unpaired) electrons. The van der Waals surface area contributed by atoms with E-state index in [0.717, 1.165) is 5.69 Å². The Labute approximate surface area is 135 Å². The van der Waals surface area contributed by atoms with E-state index < -0.39 is 0 Å². The summed E-state index contributed by atoms with van der Waals surface area (Å²) < 4.78 is 3.21. The molecule has 1 N–H and O–H groups in total. The molecule has 20 heavy (non-hydrogen) atoms. The standard InChI is InChI=1S/C15H14IN3S/c1-17-15(11-7-14(16)20-10-11)12-8-18-19(9-12)13-5-3-2-4-6-13/h2-10,15,17H,1H3. The highest BCUT2D eigenvalue weighted by Gasteiger charge is 2.15. The van der Waals surface area contributed by atoms with Gasteiger partial charge in [0.1, 0.15) is 0 Å². The molecule has 1 aromatic carbocycles. The topological polar surface area (TPSA) is 29.9 Å². The van der Waals surface area contributed by atoms with Crippen LogP contribution in [0.3, 0.4) is 0 Å². The molecule has 0 aliphatic rings. The monoisotopic (exact) mass is 395 g/mol. The molecule has 0 saturated carbocycles. The lowest BCUT2D eigenvalue weighted by Gasteiger charge is -2.12. The van der Waals surface area contributed by atoms with Crippen LogP contribution in [0.4, 0.5) is 0 Å². The zero-order valence-corrected chi connectivity index (χ0v) is 13.9. The number of thiophene rings is 1. The zero-order chi connectivity index (χ0) is 13.9. The normalized spacial score (nSPS) is 12.5. The summed E-state index contributed by atoms with van der Waals surface area (Å²) in [7, 11) is 1.98. The van der Waals surface area contributed by atoms with Gasteiger partial charge in [-0.25, -0.2) is 4.68 Å². The van der Waals surface area contributed by atoms with Crippen LogP contribution in [0.2, 0.25) is 0 Å². The van der Waals surface area contributed by atoms with Crippen molar-refractivity contribution < 1.29 is 0 Å². The first-order valence-electron chi connectivity index (χ1n) is 6.29. The lowest BCUT2D eigenvalue weighted by Crippen LogP contribution is -2.16. The summed E-state index contributed by atoms with van der Waals surface area (Å²) in [5.74, 6) is 0. The quantitative estimate of drug-likeness (QED) is 0.681. The molecular formula is C15H14IN3S.